The van der Waals surface area contributed by atoms with Crippen LogP contribution in [0.25, 0.3) is 0 Å². The van der Waals surface area contributed by atoms with Crippen molar-refractivity contribution < 1.29 is 4.74 Å². The van der Waals surface area contributed by atoms with Crippen LogP contribution in [-0.2, 0) is 6.54 Å². The molecule has 1 N–H and O–H groups in total. The van der Waals surface area contributed by atoms with Crippen LogP contribution in [0.1, 0.15) is 5.56 Å². The third-order valence-corrected chi connectivity index (χ3v) is 2.34. The van der Waals surface area contributed by atoms with Gasteiger partial charge >= 0.3 is 0 Å². The second-order valence-corrected chi connectivity index (χ2v) is 3.68. The number of nitrogens with zero attached hydrogens (tertiary/aromatic N) is 1. The number of ether oxygens (including phenoxy) is 1. The van der Waals surface area contributed by atoms with Gasteiger partial charge < -0.3 is 10.1 Å². The molecular weight excluding hydrogens is 248 g/mol. The van der Waals surface area contributed by atoms with Crippen molar-refractivity contribution in [2.75, 3.05) is 13.2 Å². The van der Waals surface area contributed by atoms with Crippen LogP contribution < -0.4 is 10.1 Å². The summed E-state index contributed by atoms with van der Waals surface area (Å²) in [5.74, 6) is 0.675. The summed E-state index contributed by atoms with van der Waals surface area (Å²) < 4.78 is 5.47. The highest BCUT2D eigenvalue weighted by atomic mass is 35.5. The number of rotatable bonds is 6. The molecule has 4 heteroatoms. The Kier molecular flexibility index (Phi) is 6.84. The van der Waals surface area contributed by atoms with Gasteiger partial charge in [0.25, 0.3) is 0 Å². The Hall–Kier alpha value is -1.58. The third-order valence-electron chi connectivity index (χ3n) is 2.34. The maximum atomic E-state index is 5.47. The fourth-order valence-electron chi connectivity index (χ4n) is 1.49. The molecular formula is C14H17ClN2O. The average molecular weight is 265 g/mol. The van der Waals surface area contributed by atoms with Crippen LogP contribution in [0.4, 0.5) is 0 Å². The summed E-state index contributed by atoms with van der Waals surface area (Å²) in [6, 6.07) is 16.0. The number of pyridine rings is 1. The summed E-state index contributed by atoms with van der Waals surface area (Å²) in [6.07, 6.45) is 1.73. The summed E-state index contributed by atoms with van der Waals surface area (Å²) in [5.41, 5.74) is 1.28. The van der Waals surface area contributed by atoms with Gasteiger partial charge in [0, 0.05) is 25.4 Å². The minimum absolute atomic E-state index is 0. The Morgan fingerprint density at radius 3 is 2.50 bits per heavy atom. The minimum atomic E-state index is 0. The third kappa shape index (κ3) is 5.17. The summed E-state index contributed by atoms with van der Waals surface area (Å²) in [5, 5.41) is 3.32. The molecule has 2 aromatic rings. The Morgan fingerprint density at radius 2 is 1.78 bits per heavy atom. The highest BCUT2D eigenvalue weighted by Crippen LogP contribution is 2.02. The van der Waals surface area contributed by atoms with Gasteiger partial charge in [0.2, 0.25) is 5.88 Å². The van der Waals surface area contributed by atoms with E-state index in [1.807, 2.05) is 36.4 Å². The summed E-state index contributed by atoms with van der Waals surface area (Å²) in [6.45, 7) is 2.31. The van der Waals surface area contributed by atoms with Crippen LogP contribution in [0.15, 0.2) is 54.7 Å². The normalized spacial score (nSPS) is 9.56. The predicted octanol–water partition coefficient (Wildman–Crippen LogP) is 2.67. The topological polar surface area (TPSA) is 34.1 Å². The second kappa shape index (κ2) is 8.50. The van der Waals surface area contributed by atoms with E-state index in [-0.39, 0.29) is 12.4 Å². The van der Waals surface area contributed by atoms with E-state index >= 15 is 0 Å². The van der Waals surface area contributed by atoms with Crippen LogP contribution >= 0.6 is 12.4 Å². The van der Waals surface area contributed by atoms with Gasteiger partial charge in [-0.15, -0.1) is 12.4 Å². The Bertz CT molecular complexity index is 381. The number of benzene rings is 1. The van der Waals surface area contributed by atoms with Gasteiger partial charge in [-0.25, -0.2) is 4.98 Å². The molecule has 2 rings (SSSR count). The molecule has 1 heterocycles. The molecule has 1 aromatic heterocycles. The van der Waals surface area contributed by atoms with Crippen molar-refractivity contribution >= 4 is 12.4 Å². The molecule has 96 valence electrons. The van der Waals surface area contributed by atoms with Crippen LogP contribution in [0.2, 0.25) is 0 Å². The number of hydrogen-bond acceptors (Lipinski definition) is 3. The van der Waals surface area contributed by atoms with Gasteiger partial charge in [0.05, 0.1) is 0 Å². The van der Waals surface area contributed by atoms with E-state index in [0.717, 1.165) is 13.1 Å². The lowest BCUT2D eigenvalue weighted by Gasteiger charge is -2.06. The molecule has 3 nitrogen and oxygen atoms in total. The Morgan fingerprint density at radius 1 is 1.00 bits per heavy atom. The highest BCUT2D eigenvalue weighted by Gasteiger charge is 1.93. The number of hydrogen-bond donors (Lipinski definition) is 1. The molecule has 0 radical (unpaired) electrons. The standard InChI is InChI=1S/C14H16N2O.ClH/c1-2-6-13(7-3-1)12-15-10-11-17-14-8-4-5-9-16-14;/h1-9,15H,10-12H2;1H. The predicted molar refractivity (Wildman–Crippen MR) is 75.1 cm³/mol. The molecule has 0 saturated heterocycles. The molecule has 1 aromatic carbocycles. The fraction of sp³-hybridized carbons (Fsp3) is 0.214. The van der Waals surface area contributed by atoms with Crippen molar-refractivity contribution in [1.29, 1.82) is 0 Å². The van der Waals surface area contributed by atoms with E-state index in [1.54, 1.807) is 6.20 Å². The van der Waals surface area contributed by atoms with Crippen LogP contribution in [0, 0.1) is 0 Å². The van der Waals surface area contributed by atoms with Gasteiger partial charge in [-0.3, -0.25) is 0 Å². The van der Waals surface area contributed by atoms with Crippen molar-refractivity contribution in [2.24, 2.45) is 0 Å². The first kappa shape index (κ1) is 14.5. The lowest BCUT2D eigenvalue weighted by molar-refractivity contribution is 0.302. The van der Waals surface area contributed by atoms with Gasteiger partial charge in [-0.05, 0) is 11.6 Å². The lowest BCUT2D eigenvalue weighted by Crippen LogP contribution is -2.20. The fourth-order valence-corrected chi connectivity index (χ4v) is 1.49. The van der Waals surface area contributed by atoms with E-state index in [2.05, 4.69) is 22.4 Å². The quantitative estimate of drug-likeness (QED) is 0.815. The molecule has 0 spiro atoms. The van der Waals surface area contributed by atoms with Crippen molar-refractivity contribution in [1.82, 2.24) is 10.3 Å². The van der Waals surface area contributed by atoms with Gasteiger partial charge in [-0.1, -0.05) is 36.4 Å². The monoisotopic (exact) mass is 264 g/mol. The molecule has 18 heavy (non-hydrogen) atoms. The molecule has 0 unspecified atom stereocenters. The smallest absolute Gasteiger partial charge is 0.213 e. The zero-order valence-electron chi connectivity index (χ0n) is 10.1. The number of halogens is 1. The Balaban J connectivity index is 0.00000162. The molecule has 0 aliphatic rings. The van der Waals surface area contributed by atoms with Crippen molar-refractivity contribution in [3.8, 4) is 5.88 Å². The zero-order valence-corrected chi connectivity index (χ0v) is 10.9. The molecule has 0 saturated carbocycles. The van der Waals surface area contributed by atoms with Crippen molar-refractivity contribution in [2.45, 2.75) is 6.54 Å². The first-order valence-corrected chi connectivity index (χ1v) is 5.73. The molecule has 0 aliphatic heterocycles. The van der Waals surface area contributed by atoms with E-state index < -0.39 is 0 Å². The van der Waals surface area contributed by atoms with E-state index in [9.17, 15) is 0 Å². The van der Waals surface area contributed by atoms with E-state index in [4.69, 9.17) is 4.74 Å². The SMILES string of the molecule is Cl.c1ccc(CNCCOc2ccccn2)cc1. The summed E-state index contributed by atoms with van der Waals surface area (Å²) >= 11 is 0. The van der Waals surface area contributed by atoms with Crippen LogP contribution in [-0.4, -0.2) is 18.1 Å². The number of nitrogens with one attached hydrogen (secondary N) is 1. The maximum Gasteiger partial charge on any atom is 0.213 e. The van der Waals surface area contributed by atoms with E-state index in [1.165, 1.54) is 5.56 Å². The first-order chi connectivity index (χ1) is 8.45. The number of aromatic nitrogens is 1. The van der Waals surface area contributed by atoms with Crippen molar-refractivity contribution in [3.05, 3.63) is 60.3 Å². The molecule has 0 atom stereocenters. The van der Waals surface area contributed by atoms with Crippen molar-refractivity contribution in [3.63, 3.8) is 0 Å². The van der Waals surface area contributed by atoms with Crippen LogP contribution in [0.5, 0.6) is 5.88 Å². The second-order valence-electron chi connectivity index (χ2n) is 3.68. The van der Waals surface area contributed by atoms with Gasteiger partial charge in [0.15, 0.2) is 0 Å². The van der Waals surface area contributed by atoms with E-state index in [0.29, 0.717) is 12.5 Å². The highest BCUT2D eigenvalue weighted by molar-refractivity contribution is 5.85. The zero-order chi connectivity index (χ0) is 11.8. The molecule has 0 bridgehead atoms. The van der Waals surface area contributed by atoms with Gasteiger partial charge in [-0.2, -0.15) is 0 Å². The maximum absolute atomic E-state index is 5.47. The summed E-state index contributed by atoms with van der Waals surface area (Å²) in [4.78, 5) is 4.08. The molecule has 0 amide bonds. The minimum Gasteiger partial charge on any atom is -0.476 e. The first-order valence-electron chi connectivity index (χ1n) is 5.73. The van der Waals surface area contributed by atoms with Crippen LogP contribution in [0.3, 0.4) is 0 Å². The average Bonchev–Trinajstić information content (AvgIpc) is 2.41. The molecule has 0 fully saturated rings. The Labute approximate surface area is 114 Å². The largest absolute Gasteiger partial charge is 0.476 e. The van der Waals surface area contributed by atoms with Gasteiger partial charge in [0.1, 0.15) is 6.61 Å². The summed E-state index contributed by atoms with van der Waals surface area (Å²) in [7, 11) is 0. The lowest BCUT2D eigenvalue weighted by atomic mass is 10.2. The molecule has 0 aliphatic carbocycles.